The molecule has 160 valence electrons. The molecule has 3 aromatic heterocycles. The van der Waals surface area contributed by atoms with Crippen LogP contribution < -0.4 is 15.4 Å². The van der Waals surface area contributed by atoms with Crippen molar-refractivity contribution in [2.45, 2.75) is 18.9 Å². The molecule has 5 aromatic rings. The lowest BCUT2D eigenvalue weighted by atomic mass is 10.1. The number of H-pyrrole nitrogens is 2. The molecule has 1 fully saturated rings. The number of nitrogens with zero attached hydrogens (tertiary/aromatic N) is 3. The first-order valence-electron chi connectivity index (χ1n) is 10.9. The maximum Gasteiger partial charge on any atom is 0.161 e. The summed E-state index contributed by atoms with van der Waals surface area (Å²) in [5.41, 5.74) is 3.68. The van der Waals surface area contributed by atoms with Gasteiger partial charge in [-0.05, 0) is 55.8 Å². The van der Waals surface area contributed by atoms with Gasteiger partial charge in [-0.3, -0.25) is 5.10 Å². The lowest BCUT2D eigenvalue weighted by Crippen LogP contribution is -2.38. The van der Waals surface area contributed by atoms with E-state index in [1.54, 1.807) is 6.20 Å². The van der Waals surface area contributed by atoms with E-state index in [0.717, 1.165) is 65.3 Å². The van der Waals surface area contributed by atoms with Crippen molar-refractivity contribution in [3.8, 4) is 22.9 Å². The van der Waals surface area contributed by atoms with Gasteiger partial charge in [0.1, 0.15) is 22.7 Å². The zero-order valence-electron chi connectivity index (χ0n) is 17.4. The number of aromatic amines is 2. The van der Waals surface area contributed by atoms with Crippen LogP contribution in [0.5, 0.6) is 11.5 Å². The van der Waals surface area contributed by atoms with Crippen LogP contribution in [0.3, 0.4) is 0 Å². The van der Waals surface area contributed by atoms with Crippen LogP contribution in [0.2, 0.25) is 0 Å². The highest BCUT2D eigenvalue weighted by Crippen LogP contribution is 2.34. The molecular weight excluding hydrogens is 402 g/mol. The Kier molecular flexibility index (Phi) is 4.69. The van der Waals surface area contributed by atoms with E-state index in [9.17, 15) is 0 Å². The van der Waals surface area contributed by atoms with E-state index in [4.69, 9.17) is 4.74 Å². The molecule has 4 N–H and O–H groups in total. The molecule has 4 heterocycles. The van der Waals surface area contributed by atoms with Crippen molar-refractivity contribution in [2.24, 2.45) is 0 Å². The third-order valence-corrected chi connectivity index (χ3v) is 5.81. The molecule has 2 aromatic carbocycles. The number of anilines is 1. The molecule has 0 aliphatic carbocycles. The second kappa shape index (κ2) is 7.97. The molecule has 1 aliphatic rings. The number of hydrogen-bond acceptors (Lipinski definition) is 6. The smallest absolute Gasteiger partial charge is 0.161 e. The molecule has 8 nitrogen and oxygen atoms in total. The fourth-order valence-corrected chi connectivity index (χ4v) is 4.18. The number of nitrogens with one attached hydrogen (secondary N) is 4. The van der Waals surface area contributed by atoms with E-state index in [0.29, 0.717) is 17.4 Å². The van der Waals surface area contributed by atoms with E-state index < -0.39 is 0 Å². The maximum absolute atomic E-state index is 6.24. The lowest BCUT2D eigenvalue weighted by Gasteiger charge is -2.23. The van der Waals surface area contributed by atoms with Crippen LogP contribution in [0.1, 0.15) is 12.8 Å². The summed E-state index contributed by atoms with van der Waals surface area (Å²) in [7, 11) is 0. The van der Waals surface area contributed by atoms with E-state index >= 15 is 0 Å². The molecule has 1 saturated heterocycles. The second-order valence-electron chi connectivity index (χ2n) is 8.02. The molecule has 1 aliphatic heterocycles. The Morgan fingerprint density at radius 1 is 1.03 bits per heavy atom. The number of aromatic nitrogens is 5. The number of benzene rings is 2. The largest absolute Gasteiger partial charge is 0.456 e. The number of pyridine rings is 1. The highest BCUT2D eigenvalue weighted by Gasteiger charge is 2.18. The summed E-state index contributed by atoms with van der Waals surface area (Å²) in [6.45, 7) is 1.99. The predicted octanol–water partition coefficient (Wildman–Crippen LogP) is 4.46. The van der Waals surface area contributed by atoms with Crippen molar-refractivity contribution >= 4 is 27.9 Å². The van der Waals surface area contributed by atoms with Gasteiger partial charge in [-0.2, -0.15) is 5.10 Å². The Hall–Kier alpha value is -3.91. The fourth-order valence-electron chi connectivity index (χ4n) is 4.18. The van der Waals surface area contributed by atoms with Crippen LogP contribution >= 0.6 is 0 Å². The maximum atomic E-state index is 6.24. The summed E-state index contributed by atoms with van der Waals surface area (Å²) in [5.74, 6) is 3.07. The highest BCUT2D eigenvalue weighted by molar-refractivity contribution is 5.93. The first-order valence-corrected chi connectivity index (χ1v) is 10.9. The van der Waals surface area contributed by atoms with Gasteiger partial charge in [0.25, 0.3) is 0 Å². The van der Waals surface area contributed by atoms with E-state index in [-0.39, 0.29) is 0 Å². The molecule has 0 spiro atoms. The number of hydrogen-bond donors (Lipinski definition) is 4. The van der Waals surface area contributed by atoms with Crippen LogP contribution in [0.15, 0.2) is 60.8 Å². The Balaban J connectivity index is 1.26. The quantitative estimate of drug-likeness (QED) is 0.332. The zero-order chi connectivity index (χ0) is 21.3. The number of piperidine rings is 1. The summed E-state index contributed by atoms with van der Waals surface area (Å²) >= 11 is 0. The third-order valence-electron chi connectivity index (χ3n) is 5.81. The van der Waals surface area contributed by atoms with Crippen LogP contribution in [0.25, 0.3) is 33.5 Å². The first-order chi connectivity index (χ1) is 15.8. The number of para-hydroxylation sites is 2. The summed E-state index contributed by atoms with van der Waals surface area (Å²) in [5, 5.41) is 15.3. The average Bonchev–Trinajstić information content (AvgIpc) is 3.45. The Labute approximate surface area is 184 Å². The summed E-state index contributed by atoms with van der Waals surface area (Å²) in [6.07, 6.45) is 3.99. The monoisotopic (exact) mass is 425 g/mol. The predicted molar refractivity (Wildman–Crippen MR) is 125 cm³/mol. The number of fused-ring (bicyclic) bond motifs is 2. The van der Waals surface area contributed by atoms with Crippen molar-refractivity contribution in [3.05, 3.63) is 60.8 Å². The van der Waals surface area contributed by atoms with E-state index in [1.165, 1.54) is 0 Å². The van der Waals surface area contributed by atoms with Crippen LogP contribution in [-0.4, -0.2) is 44.3 Å². The minimum atomic E-state index is 0.339. The Bertz CT molecular complexity index is 1330. The SMILES string of the molecule is c1ccc2[nH]c(-c3ccc(Oc4ccnc5[nH]nc(NC6CCCNC6)c45)cc3)nc2c1. The average molecular weight is 425 g/mol. The van der Waals surface area contributed by atoms with Gasteiger partial charge in [0, 0.05) is 30.4 Å². The Morgan fingerprint density at radius 3 is 2.78 bits per heavy atom. The van der Waals surface area contributed by atoms with Crippen LogP contribution in [0, 0.1) is 0 Å². The lowest BCUT2D eigenvalue weighted by molar-refractivity contribution is 0.478. The molecule has 0 saturated carbocycles. The van der Waals surface area contributed by atoms with Crippen LogP contribution in [-0.2, 0) is 0 Å². The van der Waals surface area contributed by atoms with Crippen molar-refractivity contribution in [2.75, 3.05) is 18.4 Å². The van der Waals surface area contributed by atoms with Gasteiger partial charge in [-0.25, -0.2) is 9.97 Å². The van der Waals surface area contributed by atoms with Gasteiger partial charge in [0.05, 0.1) is 11.0 Å². The molecule has 32 heavy (non-hydrogen) atoms. The molecule has 0 bridgehead atoms. The molecule has 1 unspecified atom stereocenters. The van der Waals surface area contributed by atoms with Crippen molar-refractivity contribution < 1.29 is 4.74 Å². The number of rotatable bonds is 5. The van der Waals surface area contributed by atoms with Gasteiger partial charge in [-0.1, -0.05) is 12.1 Å². The standard InChI is InChI=1S/C24H23N7O/c1-2-6-19-18(5-1)28-22(29-19)15-7-9-17(10-8-15)32-20-11-13-26-23-21(20)24(31-30-23)27-16-4-3-12-25-14-16/h1-2,5-11,13,16,25H,3-4,12,14H2,(H,28,29)(H2,26,27,30,31). The molecule has 8 heteroatoms. The van der Waals surface area contributed by atoms with Crippen molar-refractivity contribution in [1.82, 2.24) is 30.5 Å². The van der Waals surface area contributed by atoms with E-state index in [1.807, 2.05) is 54.6 Å². The molecule has 0 amide bonds. The summed E-state index contributed by atoms with van der Waals surface area (Å²) in [4.78, 5) is 12.4. The molecule has 6 rings (SSSR count). The number of imidazole rings is 1. The van der Waals surface area contributed by atoms with Gasteiger partial charge < -0.3 is 20.4 Å². The van der Waals surface area contributed by atoms with Gasteiger partial charge in [0.2, 0.25) is 0 Å². The zero-order valence-corrected chi connectivity index (χ0v) is 17.4. The van der Waals surface area contributed by atoms with Gasteiger partial charge in [0.15, 0.2) is 11.5 Å². The molecule has 0 radical (unpaired) electrons. The van der Waals surface area contributed by atoms with Crippen molar-refractivity contribution in [1.29, 1.82) is 0 Å². The summed E-state index contributed by atoms with van der Waals surface area (Å²) in [6, 6.07) is 18.1. The van der Waals surface area contributed by atoms with Gasteiger partial charge >= 0.3 is 0 Å². The minimum Gasteiger partial charge on any atom is -0.456 e. The second-order valence-corrected chi connectivity index (χ2v) is 8.02. The third kappa shape index (κ3) is 3.54. The van der Waals surface area contributed by atoms with Gasteiger partial charge in [-0.15, -0.1) is 0 Å². The number of ether oxygens (including phenoxy) is 1. The fraction of sp³-hybridized carbons (Fsp3) is 0.208. The highest BCUT2D eigenvalue weighted by atomic mass is 16.5. The molecule has 1 atom stereocenters. The van der Waals surface area contributed by atoms with Crippen molar-refractivity contribution in [3.63, 3.8) is 0 Å². The molecular formula is C24H23N7O. The van der Waals surface area contributed by atoms with E-state index in [2.05, 4.69) is 35.8 Å². The first kappa shape index (κ1) is 18.8. The normalized spacial score (nSPS) is 16.4. The summed E-state index contributed by atoms with van der Waals surface area (Å²) < 4.78 is 6.24. The topological polar surface area (TPSA) is 104 Å². The van der Waals surface area contributed by atoms with Crippen LogP contribution in [0.4, 0.5) is 5.82 Å². The Morgan fingerprint density at radius 2 is 1.94 bits per heavy atom. The minimum absolute atomic E-state index is 0.339.